The summed E-state index contributed by atoms with van der Waals surface area (Å²) < 4.78 is 28.3. The third kappa shape index (κ3) is 3.70. The molecule has 1 N–H and O–H groups in total. The molecular formula is C15H28N4O2S. The molecule has 1 aliphatic rings. The SMILES string of the molecule is CCC1CN(S(=O)(=O)C(C)C)CCC1NCc1nccn1C. The quantitative estimate of drug-likeness (QED) is 0.856. The van der Waals surface area contributed by atoms with Gasteiger partial charge >= 0.3 is 0 Å². The van der Waals surface area contributed by atoms with Crippen molar-refractivity contribution in [2.75, 3.05) is 13.1 Å². The van der Waals surface area contributed by atoms with Gasteiger partial charge in [-0.1, -0.05) is 13.3 Å². The second-order valence-electron chi connectivity index (χ2n) is 6.35. The van der Waals surface area contributed by atoms with Gasteiger partial charge in [0.05, 0.1) is 11.8 Å². The van der Waals surface area contributed by atoms with E-state index in [9.17, 15) is 8.42 Å². The summed E-state index contributed by atoms with van der Waals surface area (Å²) in [5, 5.41) is 3.22. The summed E-state index contributed by atoms with van der Waals surface area (Å²) in [4.78, 5) is 4.32. The molecule has 126 valence electrons. The highest BCUT2D eigenvalue weighted by atomic mass is 32.2. The summed E-state index contributed by atoms with van der Waals surface area (Å²) >= 11 is 0. The van der Waals surface area contributed by atoms with Gasteiger partial charge in [-0.25, -0.2) is 17.7 Å². The predicted octanol–water partition coefficient (Wildman–Crippen LogP) is 1.35. The Morgan fingerprint density at radius 3 is 2.73 bits per heavy atom. The summed E-state index contributed by atoms with van der Waals surface area (Å²) in [6, 6.07) is 0.348. The van der Waals surface area contributed by atoms with Crippen LogP contribution in [0.25, 0.3) is 0 Å². The third-order valence-electron chi connectivity index (χ3n) is 4.62. The number of rotatable bonds is 6. The predicted molar refractivity (Wildman–Crippen MR) is 87.9 cm³/mol. The number of aryl methyl sites for hydroxylation is 1. The molecule has 0 saturated carbocycles. The summed E-state index contributed by atoms with van der Waals surface area (Å²) in [6.45, 7) is 7.58. The van der Waals surface area contributed by atoms with Crippen molar-refractivity contribution in [1.29, 1.82) is 0 Å². The Balaban J connectivity index is 1.97. The maximum absolute atomic E-state index is 12.3. The molecule has 6 nitrogen and oxygen atoms in total. The van der Waals surface area contributed by atoms with Crippen LogP contribution in [0.15, 0.2) is 12.4 Å². The first-order valence-corrected chi connectivity index (χ1v) is 9.55. The summed E-state index contributed by atoms with van der Waals surface area (Å²) in [5.74, 6) is 1.36. The zero-order chi connectivity index (χ0) is 16.3. The molecule has 0 aromatic carbocycles. The molecule has 0 amide bonds. The van der Waals surface area contributed by atoms with Gasteiger partial charge in [0, 0.05) is 38.6 Å². The van der Waals surface area contributed by atoms with Crippen molar-refractivity contribution < 1.29 is 8.42 Å². The monoisotopic (exact) mass is 328 g/mol. The van der Waals surface area contributed by atoms with Gasteiger partial charge in [0.2, 0.25) is 10.0 Å². The Morgan fingerprint density at radius 1 is 1.45 bits per heavy atom. The third-order valence-corrected chi connectivity index (χ3v) is 6.86. The summed E-state index contributed by atoms with van der Waals surface area (Å²) in [7, 11) is -1.16. The Kier molecular flexibility index (Phi) is 5.63. The van der Waals surface area contributed by atoms with Gasteiger partial charge in [0.25, 0.3) is 0 Å². The number of nitrogens with zero attached hydrogens (tertiary/aromatic N) is 3. The van der Waals surface area contributed by atoms with Crippen molar-refractivity contribution in [1.82, 2.24) is 19.2 Å². The Hall–Kier alpha value is -0.920. The molecule has 1 saturated heterocycles. The van der Waals surface area contributed by atoms with Crippen molar-refractivity contribution in [2.45, 2.75) is 51.4 Å². The topological polar surface area (TPSA) is 67.2 Å². The van der Waals surface area contributed by atoms with E-state index in [1.54, 1.807) is 24.3 Å². The Morgan fingerprint density at radius 2 is 2.18 bits per heavy atom. The summed E-state index contributed by atoms with van der Waals surface area (Å²) in [5.41, 5.74) is 0. The molecule has 2 unspecified atom stereocenters. The van der Waals surface area contributed by atoms with Crippen molar-refractivity contribution >= 4 is 10.0 Å². The largest absolute Gasteiger partial charge is 0.337 e. The molecule has 2 rings (SSSR count). The molecule has 0 aliphatic carbocycles. The number of imidazole rings is 1. The lowest BCUT2D eigenvalue weighted by molar-refractivity contribution is 0.199. The van der Waals surface area contributed by atoms with Crippen LogP contribution < -0.4 is 5.32 Å². The normalized spacial score (nSPS) is 24.0. The molecule has 0 radical (unpaired) electrons. The first kappa shape index (κ1) is 17.4. The van der Waals surface area contributed by atoms with E-state index in [4.69, 9.17) is 0 Å². The highest BCUT2D eigenvalue weighted by Gasteiger charge is 2.35. The maximum Gasteiger partial charge on any atom is 0.216 e. The highest BCUT2D eigenvalue weighted by Crippen LogP contribution is 2.24. The zero-order valence-electron chi connectivity index (χ0n) is 14.0. The van der Waals surface area contributed by atoms with Crippen LogP contribution in [-0.2, 0) is 23.6 Å². The van der Waals surface area contributed by atoms with E-state index in [1.807, 2.05) is 17.8 Å². The van der Waals surface area contributed by atoms with E-state index in [1.165, 1.54) is 0 Å². The van der Waals surface area contributed by atoms with Gasteiger partial charge < -0.3 is 9.88 Å². The van der Waals surface area contributed by atoms with E-state index in [-0.39, 0.29) is 5.25 Å². The van der Waals surface area contributed by atoms with E-state index in [0.717, 1.165) is 25.2 Å². The van der Waals surface area contributed by atoms with Crippen LogP contribution in [0.4, 0.5) is 0 Å². The van der Waals surface area contributed by atoms with E-state index >= 15 is 0 Å². The van der Waals surface area contributed by atoms with Crippen LogP contribution in [0.2, 0.25) is 0 Å². The van der Waals surface area contributed by atoms with Crippen molar-refractivity contribution in [3.05, 3.63) is 18.2 Å². The van der Waals surface area contributed by atoms with Crippen LogP contribution in [-0.4, -0.2) is 46.7 Å². The fourth-order valence-electron chi connectivity index (χ4n) is 3.00. The number of hydrogen-bond acceptors (Lipinski definition) is 4. The van der Waals surface area contributed by atoms with Gasteiger partial charge in [0.15, 0.2) is 0 Å². The second-order valence-corrected chi connectivity index (χ2v) is 8.84. The molecule has 2 atom stereocenters. The zero-order valence-corrected chi connectivity index (χ0v) is 14.8. The number of hydrogen-bond donors (Lipinski definition) is 1. The maximum atomic E-state index is 12.3. The first-order chi connectivity index (χ1) is 10.4. The van der Waals surface area contributed by atoms with Crippen LogP contribution in [0.1, 0.15) is 39.4 Å². The molecule has 1 aliphatic heterocycles. The molecule has 22 heavy (non-hydrogen) atoms. The Bertz CT molecular complexity index is 582. The smallest absolute Gasteiger partial charge is 0.216 e. The van der Waals surface area contributed by atoms with Gasteiger partial charge in [-0.15, -0.1) is 0 Å². The molecule has 0 bridgehead atoms. The number of sulfonamides is 1. The minimum absolute atomic E-state index is 0.345. The van der Waals surface area contributed by atoms with Crippen LogP contribution in [0, 0.1) is 5.92 Å². The van der Waals surface area contributed by atoms with Crippen molar-refractivity contribution in [3.63, 3.8) is 0 Å². The molecule has 1 aromatic rings. The van der Waals surface area contributed by atoms with Crippen LogP contribution in [0.5, 0.6) is 0 Å². The highest BCUT2D eigenvalue weighted by molar-refractivity contribution is 7.89. The van der Waals surface area contributed by atoms with Gasteiger partial charge in [-0.2, -0.15) is 0 Å². The van der Waals surface area contributed by atoms with Crippen LogP contribution in [0.3, 0.4) is 0 Å². The average Bonchev–Trinajstić information content (AvgIpc) is 2.90. The minimum Gasteiger partial charge on any atom is -0.337 e. The number of nitrogens with one attached hydrogen (secondary N) is 1. The lowest BCUT2D eigenvalue weighted by Gasteiger charge is -2.38. The molecule has 7 heteroatoms. The first-order valence-electron chi connectivity index (χ1n) is 8.04. The molecule has 2 heterocycles. The molecule has 1 fully saturated rings. The Labute approximate surface area is 134 Å². The average molecular weight is 328 g/mol. The van der Waals surface area contributed by atoms with E-state index in [2.05, 4.69) is 17.2 Å². The molecule has 1 aromatic heterocycles. The van der Waals surface area contributed by atoms with Crippen molar-refractivity contribution in [3.8, 4) is 0 Å². The van der Waals surface area contributed by atoms with Crippen LogP contribution >= 0.6 is 0 Å². The lowest BCUT2D eigenvalue weighted by Crippen LogP contribution is -2.52. The van der Waals surface area contributed by atoms with Gasteiger partial charge in [-0.05, 0) is 26.2 Å². The van der Waals surface area contributed by atoms with Crippen molar-refractivity contribution in [2.24, 2.45) is 13.0 Å². The lowest BCUT2D eigenvalue weighted by atomic mass is 9.91. The van der Waals surface area contributed by atoms with Gasteiger partial charge in [-0.3, -0.25) is 0 Å². The van der Waals surface area contributed by atoms with E-state index < -0.39 is 10.0 Å². The molecular weight excluding hydrogens is 300 g/mol. The fourth-order valence-corrected chi connectivity index (χ4v) is 4.36. The number of aromatic nitrogens is 2. The van der Waals surface area contributed by atoms with E-state index in [0.29, 0.717) is 25.0 Å². The molecule has 0 spiro atoms. The number of piperidine rings is 1. The summed E-state index contributed by atoms with van der Waals surface area (Å²) in [6.07, 6.45) is 5.56. The standard InChI is InChI=1S/C15H28N4O2S/c1-5-13-11-19(22(20,21)12(2)3)8-6-14(13)17-10-15-16-7-9-18(15)4/h7,9,12-14,17H,5-6,8,10-11H2,1-4H3. The fraction of sp³-hybridized carbons (Fsp3) is 0.800. The second kappa shape index (κ2) is 7.10. The van der Waals surface area contributed by atoms with Gasteiger partial charge in [0.1, 0.15) is 5.82 Å². The minimum atomic E-state index is -3.14.